The molecule has 2 aliphatic rings. The molecule has 8 nitrogen and oxygen atoms in total. The predicted molar refractivity (Wildman–Crippen MR) is 137 cm³/mol. The molecule has 5 rings (SSSR count). The third-order valence-electron chi connectivity index (χ3n) is 6.61. The fraction of sp³-hybridized carbons (Fsp3) is 0.370. The summed E-state index contributed by atoms with van der Waals surface area (Å²) in [7, 11) is 3.20. The number of carbonyl (C=O) groups excluding carboxylic acids is 1. The minimum absolute atomic E-state index is 0.0524. The van der Waals surface area contributed by atoms with Gasteiger partial charge in [0.2, 0.25) is 11.9 Å². The summed E-state index contributed by atoms with van der Waals surface area (Å²) >= 11 is 0. The van der Waals surface area contributed by atoms with Crippen molar-refractivity contribution in [2.75, 3.05) is 44.5 Å². The Morgan fingerprint density at radius 2 is 1.89 bits per heavy atom. The van der Waals surface area contributed by atoms with Crippen LogP contribution in [0, 0.1) is 0 Å². The van der Waals surface area contributed by atoms with E-state index < -0.39 is 0 Å². The number of nitrogens with zero attached hydrogens (tertiary/aromatic N) is 3. The molecule has 3 aromatic rings. The molecule has 0 spiro atoms. The number of likely N-dealkylation sites (tertiary alicyclic amines) is 1. The standard InChI is InChI=1S/C27H31N5O3/c1-34-23-10-8-20(16-24(23)35-2)29-27-28-17-19-15-25(33)30-22-14-18(7-9-21(22)26(19)31-27)6-5-13-32-11-3-4-12-32/h7-10,14,16-17H,3-6,11-13,15H2,1-2H3,(H,30,33)(H,28,29,31). The van der Waals surface area contributed by atoms with Gasteiger partial charge in [0.05, 0.1) is 32.0 Å². The number of anilines is 3. The van der Waals surface area contributed by atoms with Crippen LogP contribution in [0.4, 0.5) is 17.3 Å². The van der Waals surface area contributed by atoms with Gasteiger partial charge in [0.1, 0.15) is 0 Å². The first-order valence-corrected chi connectivity index (χ1v) is 12.1. The second-order valence-electron chi connectivity index (χ2n) is 9.02. The maximum Gasteiger partial charge on any atom is 0.228 e. The van der Waals surface area contributed by atoms with Crippen LogP contribution in [0.1, 0.15) is 30.4 Å². The zero-order valence-electron chi connectivity index (χ0n) is 20.3. The van der Waals surface area contributed by atoms with Gasteiger partial charge in [0.15, 0.2) is 11.5 Å². The van der Waals surface area contributed by atoms with Crippen molar-refractivity contribution in [2.45, 2.75) is 32.1 Å². The number of methoxy groups -OCH3 is 2. The van der Waals surface area contributed by atoms with Gasteiger partial charge in [0, 0.05) is 29.1 Å². The monoisotopic (exact) mass is 473 g/mol. The molecule has 0 atom stereocenters. The average molecular weight is 474 g/mol. The van der Waals surface area contributed by atoms with Gasteiger partial charge in [-0.2, -0.15) is 0 Å². The molecular weight excluding hydrogens is 442 g/mol. The van der Waals surface area contributed by atoms with Crippen LogP contribution in [0.5, 0.6) is 11.5 Å². The topological polar surface area (TPSA) is 88.6 Å². The summed E-state index contributed by atoms with van der Waals surface area (Å²) < 4.78 is 10.7. The van der Waals surface area contributed by atoms with Gasteiger partial charge in [-0.1, -0.05) is 12.1 Å². The average Bonchev–Trinajstić information content (AvgIpc) is 3.34. The smallest absolute Gasteiger partial charge is 0.228 e. The van der Waals surface area contributed by atoms with Crippen LogP contribution in [0.15, 0.2) is 42.6 Å². The number of amides is 1. The Balaban J connectivity index is 1.38. The lowest BCUT2D eigenvalue weighted by atomic mass is 10.0. The molecule has 1 fully saturated rings. The molecule has 2 aromatic carbocycles. The van der Waals surface area contributed by atoms with E-state index in [1.165, 1.54) is 31.5 Å². The summed E-state index contributed by atoms with van der Waals surface area (Å²) in [6.45, 7) is 3.57. The molecule has 8 heteroatoms. The minimum atomic E-state index is -0.0524. The van der Waals surface area contributed by atoms with E-state index in [1.807, 2.05) is 18.2 Å². The number of benzene rings is 2. The second-order valence-corrected chi connectivity index (χ2v) is 9.02. The zero-order valence-corrected chi connectivity index (χ0v) is 20.3. The van der Waals surface area contributed by atoms with Crippen LogP contribution >= 0.6 is 0 Å². The van der Waals surface area contributed by atoms with Gasteiger partial charge in [-0.05, 0) is 69.1 Å². The fourth-order valence-electron chi connectivity index (χ4n) is 4.81. The molecule has 1 aromatic heterocycles. The molecule has 0 saturated carbocycles. The van der Waals surface area contributed by atoms with E-state index in [2.05, 4.69) is 38.7 Å². The van der Waals surface area contributed by atoms with Gasteiger partial charge in [-0.3, -0.25) is 4.79 Å². The molecule has 3 heterocycles. The Hall–Kier alpha value is -3.65. The molecule has 0 bridgehead atoms. The van der Waals surface area contributed by atoms with Crippen LogP contribution < -0.4 is 20.1 Å². The number of carbonyl (C=O) groups is 1. The van der Waals surface area contributed by atoms with Crippen molar-refractivity contribution in [1.82, 2.24) is 14.9 Å². The zero-order chi connectivity index (χ0) is 24.2. The van der Waals surface area contributed by atoms with Crippen molar-refractivity contribution >= 4 is 23.2 Å². The highest BCUT2D eigenvalue weighted by Crippen LogP contribution is 2.35. The van der Waals surface area contributed by atoms with Gasteiger partial charge >= 0.3 is 0 Å². The summed E-state index contributed by atoms with van der Waals surface area (Å²) in [5.74, 6) is 1.66. The summed E-state index contributed by atoms with van der Waals surface area (Å²) in [5, 5.41) is 6.31. The Bertz CT molecular complexity index is 1220. The van der Waals surface area contributed by atoms with Gasteiger partial charge in [0.25, 0.3) is 0 Å². The van der Waals surface area contributed by atoms with Crippen molar-refractivity contribution in [1.29, 1.82) is 0 Å². The van der Waals surface area contributed by atoms with Crippen LogP contribution in [0.2, 0.25) is 0 Å². The van der Waals surface area contributed by atoms with E-state index >= 15 is 0 Å². The molecule has 0 unspecified atom stereocenters. The predicted octanol–water partition coefficient (Wildman–Crippen LogP) is 4.43. The van der Waals surface area contributed by atoms with Crippen molar-refractivity contribution in [2.24, 2.45) is 0 Å². The van der Waals surface area contributed by atoms with Gasteiger partial charge < -0.3 is 25.0 Å². The molecule has 182 valence electrons. The molecule has 1 saturated heterocycles. The molecule has 35 heavy (non-hydrogen) atoms. The van der Waals surface area contributed by atoms with Crippen LogP contribution in [-0.4, -0.2) is 54.6 Å². The number of hydrogen-bond donors (Lipinski definition) is 2. The highest BCUT2D eigenvalue weighted by molar-refractivity contribution is 6.00. The fourth-order valence-corrected chi connectivity index (χ4v) is 4.81. The molecule has 0 radical (unpaired) electrons. The first-order valence-electron chi connectivity index (χ1n) is 12.1. The third-order valence-corrected chi connectivity index (χ3v) is 6.61. The van der Waals surface area contributed by atoms with E-state index in [4.69, 9.17) is 14.5 Å². The molecule has 2 aliphatic heterocycles. The maximum atomic E-state index is 12.6. The van der Waals surface area contributed by atoms with Gasteiger partial charge in [-0.15, -0.1) is 0 Å². The lowest BCUT2D eigenvalue weighted by Gasteiger charge is -2.15. The van der Waals surface area contributed by atoms with Crippen molar-refractivity contribution in [3.05, 3.63) is 53.7 Å². The Morgan fingerprint density at radius 1 is 1.06 bits per heavy atom. The number of aryl methyl sites for hydroxylation is 1. The maximum absolute atomic E-state index is 12.6. The highest BCUT2D eigenvalue weighted by atomic mass is 16.5. The van der Waals surface area contributed by atoms with Crippen molar-refractivity contribution < 1.29 is 14.3 Å². The first kappa shape index (κ1) is 23.1. The van der Waals surface area contributed by atoms with E-state index in [0.717, 1.165) is 47.6 Å². The largest absolute Gasteiger partial charge is 0.493 e. The number of aromatic nitrogens is 2. The number of fused-ring (bicyclic) bond motifs is 3. The number of nitrogens with one attached hydrogen (secondary N) is 2. The van der Waals surface area contributed by atoms with Crippen LogP contribution in [-0.2, 0) is 17.6 Å². The number of rotatable bonds is 8. The van der Waals surface area contributed by atoms with E-state index in [1.54, 1.807) is 20.4 Å². The highest BCUT2D eigenvalue weighted by Gasteiger charge is 2.22. The molecule has 1 amide bonds. The van der Waals surface area contributed by atoms with Gasteiger partial charge in [-0.25, -0.2) is 9.97 Å². The number of ether oxygens (including phenoxy) is 2. The van der Waals surface area contributed by atoms with Crippen molar-refractivity contribution in [3.8, 4) is 22.8 Å². The summed E-state index contributed by atoms with van der Waals surface area (Å²) in [6.07, 6.45) is 6.70. The summed E-state index contributed by atoms with van der Waals surface area (Å²) in [6, 6.07) is 11.8. The van der Waals surface area contributed by atoms with E-state index in [-0.39, 0.29) is 12.3 Å². The number of hydrogen-bond acceptors (Lipinski definition) is 7. The quantitative estimate of drug-likeness (QED) is 0.500. The lowest BCUT2D eigenvalue weighted by Crippen LogP contribution is -2.20. The first-order chi connectivity index (χ1) is 17.1. The normalized spacial score (nSPS) is 15.1. The van der Waals surface area contributed by atoms with Crippen LogP contribution in [0.3, 0.4) is 0 Å². The third kappa shape index (κ3) is 5.22. The molecular formula is C27H31N5O3. The van der Waals surface area contributed by atoms with E-state index in [9.17, 15) is 4.79 Å². The van der Waals surface area contributed by atoms with E-state index in [0.29, 0.717) is 17.4 Å². The second kappa shape index (κ2) is 10.3. The Labute approximate surface area is 205 Å². The van der Waals surface area contributed by atoms with Crippen molar-refractivity contribution in [3.63, 3.8) is 0 Å². The molecule has 0 aliphatic carbocycles. The lowest BCUT2D eigenvalue weighted by molar-refractivity contribution is -0.115. The summed E-state index contributed by atoms with van der Waals surface area (Å²) in [4.78, 5) is 24.4. The summed E-state index contributed by atoms with van der Waals surface area (Å²) in [5.41, 5.74) is 5.29. The Morgan fingerprint density at radius 3 is 2.69 bits per heavy atom. The SMILES string of the molecule is COc1ccc(Nc2ncc3c(n2)-c2ccc(CCCN4CCCC4)cc2NC(=O)C3)cc1OC. The molecule has 2 N–H and O–H groups in total. The van der Waals surface area contributed by atoms with Crippen LogP contribution in [0.25, 0.3) is 11.3 Å². The Kier molecular flexibility index (Phi) is 6.81. The minimum Gasteiger partial charge on any atom is -0.493 e.